The third-order valence-electron chi connectivity index (χ3n) is 3.65. The van der Waals surface area contributed by atoms with Crippen molar-refractivity contribution in [2.45, 2.75) is 26.4 Å². The van der Waals surface area contributed by atoms with E-state index in [0.717, 1.165) is 52.2 Å². The summed E-state index contributed by atoms with van der Waals surface area (Å²) >= 11 is 1.62. The van der Waals surface area contributed by atoms with Crippen LogP contribution in [0, 0.1) is 0 Å². The van der Waals surface area contributed by atoms with E-state index in [9.17, 15) is 0 Å². The monoisotopic (exact) mass is 330 g/mol. The van der Waals surface area contributed by atoms with E-state index in [1.54, 1.807) is 11.3 Å². The molecule has 0 atom stereocenters. The standard InChI is InChI=1S/C16H18N4O2S/c1-2-21-12-4-5-13-14(9-12)23-16(18-13)17-10-11-8-15-20(19-11)6-3-7-22-15/h4-5,8-9H,2-3,6-7,10H2,1H3,(H,17,18). The topological polar surface area (TPSA) is 61.2 Å². The van der Waals surface area contributed by atoms with Gasteiger partial charge in [0.25, 0.3) is 0 Å². The van der Waals surface area contributed by atoms with Crippen LogP contribution in [0.2, 0.25) is 0 Å². The van der Waals surface area contributed by atoms with Gasteiger partial charge in [0.15, 0.2) is 5.13 Å². The smallest absolute Gasteiger partial charge is 0.212 e. The zero-order chi connectivity index (χ0) is 15.6. The number of rotatable bonds is 5. The molecule has 1 N–H and O–H groups in total. The van der Waals surface area contributed by atoms with Crippen molar-refractivity contribution in [3.05, 3.63) is 30.0 Å². The van der Waals surface area contributed by atoms with E-state index in [-0.39, 0.29) is 0 Å². The van der Waals surface area contributed by atoms with Gasteiger partial charge in [-0.25, -0.2) is 9.67 Å². The van der Waals surface area contributed by atoms with E-state index < -0.39 is 0 Å². The molecule has 2 aromatic heterocycles. The average Bonchev–Trinajstić information content (AvgIpc) is 3.15. The minimum Gasteiger partial charge on any atom is -0.494 e. The van der Waals surface area contributed by atoms with E-state index in [0.29, 0.717) is 13.2 Å². The summed E-state index contributed by atoms with van der Waals surface area (Å²) in [5.41, 5.74) is 1.95. The number of nitrogens with zero attached hydrogens (tertiary/aromatic N) is 3. The molecule has 0 fully saturated rings. The van der Waals surface area contributed by atoms with Gasteiger partial charge in [0, 0.05) is 19.0 Å². The molecule has 4 rings (SSSR count). The lowest BCUT2D eigenvalue weighted by molar-refractivity contribution is 0.230. The van der Waals surface area contributed by atoms with Gasteiger partial charge >= 0.3 is 0 Å². The van der Waals surface area contributed by atoms with Gasteiger partial charge in [0.2, 0.25) is 5.88 Å². The van der Waals surface area contributed by atoms with Crippen LogP contribution in [0.3, 0.4) is 0 Å². The number of hydrogen-bond donors (Lipinski definition) is 1. The van der Waals surface area contributed by atoms with Gasteiger partial charge in [-0.2, -0.15) is 5.10 Å². The molecular formula is C16H18N4O2S. The summed E-state index contributed by atoms with van der Waals surface area (Å²) in [6.45, 7) is 5.00. The average molecular weight is 330 g/mol. The van der Waals surface area contributed by atoms with Crippen molar-refractivity contribution in [3.63, 3.8) is 0 Å². The van der Waals surface area contributed by atoms with Gasteiger partial charge in [-0.3, -0.25) is 0 Å². The van der Waals surface area contributed by atoms with E-state index >= 15 is 0 Å². The minimum absolute atomic E-state index is 0.640. The molecule has 23 heavy (non-hydrogen) atoms. The highest BCUT2D eigenvalue weighted by atomic mass is 32.1. The Morgan fingerprint density at radius 3 is 3.22 bits per heavy atom. The van der Waals surface area contributed by atoms with E-state index in [1.165, 1.54) is 0 Å². The number of benzene rings is 1. The number of aryl methyl sites for hydroxylation is 1. The predicted octanol–water partition coefficient (Wildman–Crippen LogP) is 3.29. The molecule has 6 nitrogen and oxygen atoms in total. The summed E-state index contributed by atoms with van der Waals surface area (Å²) in [5.74, 6) is 1.74. The summed E-state index contributed by atoms with van der Waals surface area (Å²) in [7, 11) is 0. The number of nitrogens with one attached hydrogen (secondary N) is 1. The summed E-state index contributed by atoms with van der Waals surface area (Å²) in [6.07, 6.45) is 1.02. The maximum absolute atomic E-state index is 5.59. The van der Waals surface area contributed by atoms with Gasteiger partial charge in [-0.15, -0.1) is 0 Å². The molecule has 3 aromatic rings. The first kappa shape index (κ1) is 14.3. The van der Waals surface area contributed by atoms with Crippen LogP contribution in [0.5, 0.6) is 11.6 Å². The molecule has 0 bridgehead atoms. The van der Waals surface area contributed by atoms with Crippen molar-refractivity contribution in [3.8, 4) is 11.6 Å². The molecule has 1 aromatic carbocycles. The fourth-order valence-electron chi connectivity index (χ4n) is 2.61. The van der Waals surface area contributed by atoms with E-state index in [2.05, 4.69) is 15.4 Å². The Hall–Kier alpha value is -2.28. The molecule has 3 heterocycles. The first-order valence-corrected chi connectivity index (χ1v) is 8.60. The number of hydrogen-bond acceptors (Lipinski definition) is 6. The van der Waals surface area contributed by atoms with Crippen LogP contribution in [-0.2, 0) is 13.1 Å². The lowest BCUT2D eigenvalue weighted by Gasteiger charge is -2.13. The van der Waals surface area contributed by atoms with Crippen molar-refractivity contribution in [1.82, 2.24) is 14.8 Å². The molecule has 0 unspecified atom stereocenters. The zero-order valence-corrected chi connectivity index (χ0v) is 13.7. The highest BCUT2D eigenvalue weighted by molar-refractivity contribution is 7.22. The molecule has 0 saturated heterocycles. The van der Waals surface area contributed by atoms with Crippen molar-refractivity contribution in [1.29, 1.82) is 0 Å². The third-order valence-corrected chi connectivity index (χ3v) is 4.63. The SMILES string of the molecule is CCOc1ccc2nc(NCc3cc4n(n3)CCCO4)sc2c1. The van der Waals surface area contributed by atoms with Gasteiger partial charge < -0.3 is 14.8 Å². The van der Waals surface area contributed by atoms with Gasteiger partial charge in [-0.05, 0) is 25.1 Å². The molecule has 1 aliphatic rings. The van der Waals surface area contributed by atoms with Gasteiger partial charge in [-0.1, -0.05) is 11.3 Å². The van der Waals surface area contributed by atoms with Crippen LogP contribution in [-0.4, -0.2) is 28.0 Å². The van der Waals surface area contributed by atoms with Crippen LogP contribution < -0.4 is 14.8 Å². The van der Waals surface area contributed by atoms with Crippen LogP contribution in [0.1, 0.15) is 19.0 Å². The Morgan fingerprint density at radius 1 is 1.39 bits per heavy atom. The van der Waals surface area contributed by atoms with Crippen molar-refractivity contribution in [2.24, 2.45) is 0 Å². The predicted molar refractivity (Wildman–Crippen MR) is 90.5 cm³/mol. The Bertz CT molecular complexity index is 803. The first-order chi connectivity index (χ1) is 11.3. The third kappa shape index (κ3) is 2.96. The first-order valence-electron chi connectivity index (χ1n) is 7.78. The van der Waals surface area contributed by atoms with Gasteiger partial charge in [0.1, 0.15) is 5.75 Å². The fraction of sp³-hybridized carbons (Fsp3) is 0.375. The summed E-state index contributed by atoms with van der Waals surface area (Å²) in [4.78, 5) is 4.60. The highest BCUT2D eigenvalue weighted by Gasteiger charge is 2.13. The van der Waals surface area contributed by atoms with E-state index in [1.807, 2.05) is 35.9 Å². The number of ether oxygens (including phenoxy) is 2. The lowest BCUT2D eigenvalue weighted by Crippen LogP contribution is -2.14. The molecule has 0 spiro atoms. The summed E-state index contributed by atoms with van der Waals surface area (Å²) in [5, 5.41) is 8.78. The molecule has 0 radical (unpaired) electrons. The maximum Gasteiger partial charge on any atom is 0.212 e. The number of fused-ring (bicyclic) bond motifs is 2. The van der Waals surface area contributed by atoms with Crippen molar-refractivity contribution < 1.29 is 9.47 Å². The second-order valence-electron chi connectivity index (χ2n) is 5.33. The second kappa shape index (κ2) is 6.08. The highest BCUT2D eigenvalue weighted by Crippen LogP contribution is 2.29. The largest absolute Gasteiger partial charge is 0.494 e. The molecular weight excluding hydrogens is 312 g/mol. The molecule has 120 valence electrons. The summed E-state index contributed by atoms with van der Waals surface area (Å²) in [6, 6.07) is 7.97. The molecule has 7 heteroatoms. The zero-order valence-electron chi connectivity index (χ0n) is 12.9. The van der Waals surface area contributed by atoms with Crippen LogP contribution in [0.25, 0.3) is 10.2 Å². The molecule has 0 aliphatic carbocycles. The minimum atomic E-state index is 0.640. The molecule has 0 amide bonds. The number of thiazole rings is 1. The Labute approximate surface area is 138 Å². The fourth-order valence-corrected chi connectivity index (χ4v) is 3.50. The quantitative estimate of drug-likeness (QED) is 0.778. The molecule has 1 aliphatic heterocycles. The Morgan fingerprint density at radius 2 is 2.35 bits per heavy atom. The van der Waals surface area contributed by atoms with E-state index in [4.69, 9.17) is 9.47 Å². The normalized spacial score (nSPS) is 13.6. The second-order valence-corrected chi connectivity index (χ2v) is 6.36. The van der Waals surface area contributed by atoms with Crippen molar-refractivity contribution >= 4 is 26.7 Å². The van der Waals surface area contributed by atoms with Crippen LogP contribution in [0.15, 0.2) is 24.3 Å². The number of aromatic nitrogens is 3. The van der Waals surface area contributed by atoms with Crippen LogP contribution >= 0.6 is 11.3 Å². The lowest BCUT2D eigenvalue weighted by atomic mass is 10.3. The van der Waals surface area contributed by atoms with Crippen molar-refractivity contribution in [2.75, 3.05) is 18.5 Å². The summed E-state index contributed by atoms with van der Waals surface area (Å²) < 4.78 is 14.2. The Kier molecular flexibility index (Phi) is 3.78. The van der Waals surface area contributed by atoms with Gasteiger partial charge in [0.05, 0.1) is 35.7 Å². The molecule has 0 saturated carbocycles. The van der Waals surface area contributed by atoms with Crippen LogP contribution in [0.4, 0.5) is 5.13 Å². The maximum atomic E-state index is 5.59. The number of anilines is 1. The Balaban J connectivity index is 1.48.